The quantitative estimate of drug-likeness (QED) is 0.213. The van der Waals surface area contributed by atoms with Gasteiger partial charge in [-0.15, -0.1) is 0 Å². The van der Waals surface area contributed by atoms with Crippen molar-refractivity contribution in [3.05, 3.63) is 126 Å². The van der Waals surface area contributed by atoms with Crippen LogP contribution in [0.25, 0.3) is 49.7 Å². The number of benzene rings is 5. The summed E-state index contributed by atoms with van der Waals surface area (Å²) in [5, 5.41) is 19.9. The van der Waals surface area contributed by atoms with Crippen molar-refractivity contribution in [2.24, 2.45) is 5.73 Å². The number of nitrogen functional groups attached to an aromatic ring is 1. The molecule has 0 saturated heterocycles. The largest absolute Gasteiger partial charge is 0.384 e. The zero-order valence-corrected chi connectivity index (χ0v) is 19.4. The third-order valence-electron chi connectivity index (χ3n) is 6.63. The van der Waals surface area contributed by atoms with Crippen molar-refractivity contribution in [3.63, 3.8) is 0 Å². The predicted octanol–water partition coefficient (Wildman–Crippen LogP) is 7.27. The average molecular weight is 463 g/mol. The molecule has 6 aromatic rings. The normalized spacial score (nSPS) is 11.0. The van der Waals surface area contributed by atoms with Crippen LogP contribution in [-0.2, 0) is 0 Å². The van der Waals surface area contributed by atoms with E-state index in [4.69, 9.17) is 11.1 Å². The van der Waals surface area contributed by atoms with Gasteiger partial charge in [0.15, 0.2) is 0 Å². The molecule has 0 radical (unpaired) electrons. The Morgan fingerprint density at radius 1 is 0.639 bits per heavy atom. The molecule has 1 heterocycles. The van der Waals surface area contributed by atoms with E-state index in [1.54, 1.807) is 6.07 Å². The molecule has 170 valence electrons. The predicted molar refractivity (Wildman–Crippen MR) is 147 cm³/mol. The Kier molecular flexibility index (Phi) is 5.10. The number of fused-ring (bicyclic) bond motifs is 3. The summed E-state index contributed by atoms with van der Waals surface area (Å²) in [7, 11) is 0. The first-order valence-corrected chi connectivity index (χ1v) is 11.7. The maximum absolute atomic E-state index is 9.37. The minimum Gasteiger partial charge on any atom is -0.384 e. The summed E-state index contributed by atoms with van der Waals surface area (Å²) in [6.45, 7) is 0. The molecule has 0 fully saturated rings. The first-order valence-electron chi connectivity index (χ1n) is 11.7. The average Bonchev–Trinajstić information content (AvgIpc) is 3.27. The summed E-state index contributed by atoms with van der Waals surface area (Å²) >= 11 is 0. The monoisotopic (exact) mass is 462 g/mol. The number of nitrogens with two attached hydrogens (primary N) is 1. The second-order valence-electron chi connectivity index (χ2n) is 8.79. The van der Waals surface area contributed by atoms with E-state index in [0.29, 0.717) is 11.1 Å². The van der Waals surface area contributed by atoms with Crippen LogP contribution in [0.4, 0.5) is 0 Å². The van der Waals surface area contributed by atoms with Crippen LogP contribution in [-0.4, -0.2) is 10.4 Å². The summed E-state index contributed by atoms with van der Waals surface area (Å²) < 4.78 is 2.19. The van der Waals surface area contributed by atoms with Gasteiger partial charge < -0.3 is 10.3 Å². The molecular weight excluding hydrogens is 440 g/mol. The minimum absolute atomic E-state index is 0.00848. The van der Waals surface area contributed by atoms with Gasteiger partial charge in [-0.2, -0.15) is 5.26 Å². The number of nitriles is 1. The Labute approximate surface area is 209 Å². The third-order valence-corrected chi connectivity index (χ3v) is 6.63. The third kappa shape index (κ3) is 3.51. The van der Waals surface area contributed by atoms with Gasteiger partial charge in [0.1, 0.15) is 5.84 Å². The lowest BCUT2D eigenvalue weighted by molar-refractivity contribution is 1.17. The van der Waals surface area contributed by atoms with Gasteiger partial charge in [-0.25, -0.2) is 0 Å². The minimum atomic E-state index is 0.00848. The lowest BCUT2D eigenvalue weighted by atomic mass is 10.00. The van der Waals surface area contributed by atoms with Crippen molar-refractivity contribution < 1.29 is 0 Å². The highest BCUT2D eigenvalue weighted by Gasteiger charge is 2.17. The molecule has 0 aliphatic carbocycles. The lowest BCUT2D eigenvalue weighted by Gasteiger charge is -2.15. The highest BCUT2D eigenvalue weighted by Crippen LogP contribution is 2.37. The van der Waals surface area contributed by atoms with Crippen molar-refractivity contribution in [1.29, 1.82) is 10.7 Å². The van der Waals surface area contributed by atoms with Crippen LogP contribution in [0.5, 0.6) is 0 Å². The maximum atomic E-state index is 9.37. The molecule has 3 N–H and O–H groups in total. The van der Waals surface area contributed by atoms with Gasteiger partial charge in [0.25, 0.3) is 0 Å². The van der Waals surface area contributed by atoms with E-state index in [1.807, 2.05) is 42.5 Å². The Balaban J connectivity index is 1.65. The van der Waals surface area contributed by atoms with E-state index in [1.165, 1.54) is 5.56 Å². The van der Waals surface area contributed by atoms with E-state index < -0.39 is 0 Å². The molecule has 6 rings (SSSR count). The molecule has 0 aliphatic heterocycles. The molecule has 36 heavy (non-hydrogen) atoms. The number of hydrogen-bond acceptors (Lipinski definition) is 2. The Morgan fingerprint density at radius 2 is 1.31 bits per heavy atom. The van der Waals surface area contributed by atoms with Gasteiger partial charge in [-0.05, 0) is 64.7 Å². The van der Waals surface area contributed by atoms with Gasteiger partial charge in [0, 0.05) is 16.3 Å². The molecule has 0 bridgehead atoms. The lowest BCUT2D eigenvalue weighted by Crippen LogP contribution is -2.15. The molecule has 0 spiro atoms. The maximum Gasteiger partial charge on any atom is 0.124 e. The van der Waals surface area contributed by atoms with Gasteiger partial charge in [0.2, 0.25) is 0 Å². The van der Waals surface area contributed by atoms with E-state index in [-0.39, 0.29) is 5.84 Å². The van der Waals surface area contributed by atoms with E-state index >= 15 is 0 Å². The van der Waals surface area contributed by atoms with Crippen molar-refractivity contribution in [2.45, 2.75) is 0 Å². The molecular formula is C32H22N4. The number of nitrogens with one attached hydrogen (secondary N) is 1. The number of hydrogen-bond donors (Lipinski definition) is 2. The summed E-state index contributed by atoms with van der Waals surface area (Å²) in [6.07, 6.45) is 0. The number of para-hydroxylation sites is 1. The van der Waals surface area contributed by atoms with Gasteiger partial charge >= 0.3 is 0 Å². The Hall–Kier alpha value is -5.14. The van der Waals surface area contributed by atoms with E-state index in [9.17, 15) is 5.26 Å². The van der Waals surface area contributed by atoms with Crippen LogP contribution in [0.2, 0.25) is 0 Å². The highest BCUT2D eigenvalue weighted by molar-refractivity contribution is 6.11. The van der Waals surface area contributed by atoms with Crippen LogP contribution in [0.15, 0.2) is 115 Å². The van der Waals surface area contributed by atoms with Crippen molar-refractivity contribution in [1.82, 2.24) is 4.57 Å². The molecule has 0 unspecified atom stereocenters. The van der Waals surface area contributed by atoms with E-state index in [2.05, 4.69) is 77.4 Å². The molecule has 0 aliphatic rings. The van der Waals surface area contributed by atoms with Gasteiger partial charge in [-0.1, -0.05) is 72.8 Å². The van der Waals surface area contributed by atoms with Crippen LogP contribution < -0.4 is 5.73 Å². The summed E-state index contributed by atoms with van der Waals surface area (Å²) in [6, 6.07) is 40.9. The molecule has 4 nitrogen and oxygen atoms in total. The Bertz CT molecular complexity index is 1820. The zero-order valence-electron chi connectivity index (χ0n) is 19.4. The first kappa shape index (κ1) is 21.4. The van der Waals surface area contributed by atoms with Crippen molar-refractivity contribution in [3.8, 4) is 34.0 Å². The second kappa shape index (κ2) is 8.57. The number of amidine groups is 1. The SMILES string of the molecule is N#Cc1cccc(-c2ccc(C(=N)N)c(-n3c4ccccc4c4cc(-c5ccccc5)ccc43)c2)c1. The second-order valence-corrected chi connectivity index (χ2v) is 8.79. The standard InChI is InChI=1S/C32H22N4/c33-20-21-7-6-10-23(17-21)25-13-15-27(32(34)35)31(19-25)36-29-12-5-4-11-26(29)28-18-24(14-16-30(28)36)22-8-2-1-3-9-22/h1-19H,(H3,34,35). The summed E-state index contributed by atoms with van der Waals surface area (Å²) in [5.41, 5.74) is 14.5. The molecule has 0 atom stereocenters. The fraction of sp³-hybridized carbons (Fsp3) is 0. The summed E-state index contributed by atoms with van der Waals surface area (Å²) in [5.74, 6) is 0.00848. The fourth-order valence-corrected chi connectivity index (χ4v) is 4.93. The fourth-order valence-electron chi connectivity index (χ4n) is 4.93. The molecule has 1 aromatic heterocycles. The van der Waals surface area contributed by atoms with Crippen molar-refractivity contribution in [2.75, 3.05) is 0 Å². The smallest absolute Gasteiger partial charge is 0.124 e. The number of aromatic nitrogens is 1. The van der Waals surface area contributed by atoms with Crippen LogP contribution in [0, 0.1) is 16.7 Å². The van der Waals surface area contributed by atoms with Crippen molar-refractivity contribution >= 4 is 27.6 Å². The summed E-state index contributed by atoms with van der Waals surface area (Å²) in [4.78, 5) is 0. The van der Waals surface area contributed by atoms with E-state index in [0.717, 1.165) is 44.2 Å². The molecule has 0 amide bonds. The topological polar surface area (TPSA) is 78.6 Å². The first-order chi connectivity index (χ1) is 17.6. The number of nitrogens with zero attached hydrogens (tertiary/aromatic N) is 2. The Morgan fingerprint density at radius 3 is 2.11 bits per heavy atom. The zero-order chi connectivity index (χ0) is 24.6. The van der Waals surface area contributed by atoms with Crippen LogP contribution in [0.1, 0.15) is 11.1 Å². The molecule has 5 aromatic carbocycles. The van der Waals surface area contributed by atoms with Crippen LogP contribution in [0.3, 0.4) is 0 Å². The highest BCUT2D eigenvalue weighted by atomic mass is 15.0. The molecule has 4 heteroatoms. The van der Waals surface area contributed by atoms with Gasteiger partial charge in [0.05, 0.1) is 28.4 Å². The van der Waals surface area contributed by atoms with Crippen LogP contribution >= 0.6 is 0 Å². The molecule has 0 saturated carbocycles. The van der Waals surface area contributed by atoms with Gasteiger partial charge in [-0.3, -0.25) is 5.41 Å². The number of rotatable bonds is 4.